The number of ether oxygens (including phenoxy) is 2. The summed E-state index contributed by atoms with van der Waals surface area (Å²) >= 11 is 0. The summed E-state index contributed by atoms with van der Waals surface area (Å²) in [6.07, 6.45) is 3.21. The summed E-state index contributed by atoms with van der Waals surface area (Å²) in [5, 5.41) is 3.73. The smallest absolute Gasteiger partial charge is 0.122 e. The Kier molecular flexibility index (Phi) is 5.65. The second-order valence-electron chi connectivity index (χ2n) is 6.71. The van der Waals surface area contributed by atoms with Gasteiger partial charge in [0.1, 0.15) is 5.75 Å². The van der Waals surface area contributed by atoms with E-state index in [1.807, 2.05) is 0 Å². The van der Waals surface area contributed by atoms with Gasteiger partial charge in [0, 0.05) is 32.7 Å². The standard InChI is InChI=1S/C18H29NO2/c1-5-16(19-13-18(2,3)9-11-20-4)14-6-7-17-15(12-14)8-10-21-17/h6-7,12,16,19H,5,8-11,13H2,1-4H3. The van der Waals surface area contributed by atoms with Crippen molar-refractivity contribution in [2.45, 2.75) is 46.1 Å². The lowest BCUT2D eigenvalue weighted by molar-refractivity contribution is 0.148. The van der Waals surface area contributed by atoms with Crippen LogP contribution in [-0.2, 0) is 11.2 Å². The highest BCUT2D eigenvalue weighted by Crippen LogP contribution is 2.29. The molecule has 2 rings (SSSR count). The van der Waals surface area contributed by atoms with Crippen molar-refractivity contribution in [3.8, 4) is 5.75 Å². The molecule has 1 heterocycles. The molecule has 1 aliphatic rings. The van der Waals surface area contributed by atoms with E-state index in [0.717, 1.165) is 44.8 Å². The fourth-order valence-electron chi connectivity index (χ4n) is 2.79. The van der Waals surface area contributed by atoms with Crippen LogP contribution in [0.5, 0.6) is 5.75 Å². The largest absolute Gasteiger partial charge is 0.493 e. The molecule has 0 fully saturated rings. The molecule has 3 heteroatoms. The normalized spacial score (nSPS) is 15.6. The van der Waals surface area contributed by atoms with E-state index >= 15 is 0 Å². The van der Waals surface area contributed by atoms with Crippen LogP contribution in [0.1, 0.15) is 50.8 Å². The molecule has 0 aliphatic carbocycles. The van der Waals surface area contributed by atoms with E-state index in [2.05, 4.69) is 44.3 Å². The van der Waals surface area contributed by atoms with Gasteiger partial charge < -0.3 is 14.8 Å². The maximum atomic E-state index is 5.59. The highest BCUT2D eigenvalue weighted by Gasteiger charge is 2.21. The van der Waals surface area contributed by atoms with Crippen LogP contribution in [0.3, 0.4) is 0 Å². The van der Waals surface area contributed by atoms with Crippen LogP contribution in [0.4, 0.5) is 0 Å². The average Bonchev–Trinajstić information content (AvgIpc) is 2.93. The molecule has 1 aromatic carbocycles. The van der Waals surface area contributed by atoms with Gasteiger partial charge in [0.25, 0.3) is 0 Å². The van der Waals surface area contributed by atoms with Gasteiger partial charge in [0.2, 0.25) is 0 Å². The fourth-order valence-corrected chi connectivity index (χ4v) is 2.79. The number of benzene rings is 1. The van der Waals surface area contributed by atoms with E-state index in [-0.39, 0.29) is 5.41 Å². The highest BCUT2D eigenvalue weighted by molar-refractivity contribution is 5.40. The van der Waals surface area contributed by atoms with Gasteiger partial charge in [-0.15, -0.1) is 0 Å². The molecule has 0 saturated heterocycles. The third-order valence-electron chi connectivity index (χ3n) is 4.33. The molecule has 118 valence electrons. The number of hydrogen-bond acceptors (Lipinski definition) is 3. The number of rotatable bonds is 8. The predicted molar refractivity (Wildman–Crippen MR) is 86.9 cm³/mol. The molecule has 0 amide bonds. The van der Waals surface area contributed by atoms with Crippen LogP contribution in [0.15, 0.2) is 18.2 Å². The van der Waals surface area contributed by atoms with Crippen molar-refractivity contribution in [1.29, 1.82) is 0 Å². The maximum Gasteiger partial charge on any atom is 0.122 e. The van der Waals surface area contributed by atoms with E-state index in [4.69, 9.17) is 9.47 Å². The van der Waals surface area contributed by atoms with Crippen LogP contribution >= 0.6 is 0 Å². The van der Waals surface area contributed by atoms with Gasteiger partial charge in [-0.3, -0.25) is 0 Å². The van der Waals surface area contributed by atoms with Gasteiger partial charge in [-0.1, -0.05) is 32.9 Å². The molecule has 0 saturated carbocycles. The molecule has 0 bridgehead atoms. The monoisotopic (exact) mass is 291 g/mol. The molecular weight excluding hydrogens is 262 g/mol. The van der Waals surface area contributed by atoms with Crippen molar-refractivity contribution < 1.29 is 9.47 Å². The Morgan fingerprint density at radius 3 is 2.90 bits per heavy atom. The molecule has 1 N–H and O–H groups in total. The van der Waals surface area contributed by atoms with Gasteiger partial charge in [-0.05, 0) is 35.4 Å². The molecule has 1 aromatic rings. The Labute approximate surface area is 129 Å². The fraction of sp³-hybridized carbons (Fsp3) is 0.667. The highest BCUT2D eigenvalue weighted by atomic mass is 16.5. The van der Waals surface area contributed by atoms with Gasteiger partial charge in [0.15, 0.2) is 0 Å². The zero-order chi connectivity index (χ0) is 15.3. The van der Waals surface area contributed by atoms with Crippen molar-refractivity contribution in [2.24, 2.45) is 5.41 Å². The Morgan fingerprint density at radius 2 is 2.19 bits per heavy atom. The lowest BCUT2D eigenvalue weighted by Crippen LogP contribution is -2.33. The summed E-state index contributed by atoms with van der Waals surface area (Å²) in [5.74, 6) is 1.06. The van der Waals surface area contributed by atoms with E-state index in [1.165, 1.54) is 11.1 Å². The maximum absolute atomic E-state index is 5.59. The SMILES string of the molecule is CCC(NCC(C)(C)CCOC)c1ccc2c(c1)CCO2. The van der Waals surface area contributed by atoms with Crippen LogP contribution in [0.25, 0.3) is 0 Å². The summed E-state index contributed by atoms with van der Waals surface area (Å²) in [5.41, 5.74) is 2.99. The molecule has 3 nitrogen and oxygen atoms in total. The summed E-state index contributed by atoms with van der Waals surface area (Å²) in [7, 11) is 1.77. The van der Waals surface area contributed by atoms with Gasteiger partial charge in [-0.2, -0.15) is 0 Å². The Balaban J connectivity index is 1.96. The van der Waals surface area contributed by atoms with Gasteiger partial charge in [0.05, 0.1) is 6.61 Å². The van der Waals surface area contributed by atoms with Crippen molar-refractivity contribution in [3.63, 3.8) is 0 Å². The third-order valence-corrected chi connectivity index (χ3v) is 4.33. The minimum absolute atomic E-state index is 0.253. The molecule has 1 atom stereocenters. The predicted octanol–water partition coefficient (Wildman–Crippen LogP) is 3.72. The molecule has 0 radical (unpaired) electrons. The zero-order valence-electron chi connectivity index (χ0n) is 13.9. The number of fused-ring (bicyclic) bond motifs is 1. The minimum Gasteiger partial charge on any atom is -0.493 e. The first-order valence-electron chi connectivity index (χ1n) is 8.03. The number of nitrogens with one attached hydrogen (secondary N) is 1. The lowest BCUT2D eigenvalue weighted by atomic mass is 9.89. The molecule has 21 heavy (non-hydrogen) atoms. The molecule has 1 unspecified atom stereocenters. The van der Waals surface area contributed by atoms with Crippen molar-refractivity contribution in [1.82, 2.24) is 5.32 Å². The number of methoxy groups -OCH3 is 1. The Morgan fingerprint density at radius 1 is 1.38 bits per heavy atom. The first-order valence-corrected chi connectivity index (χ1v) is 8.03. The van der Waals surface area contributed by atoms with E-state index in [0.29, 0.717) is 6.04 Å². The first-order chi connectivity index (χ1) is 10.1. The van der Waals surface area contributed by atoms with Crippen LogP contribution in [0, 0.1) is 5.41 Å². The average molecular weight is 291 g/mol. The van der Waals surface area contributed by atoms with Gasteiger partial charge in [-0.25, -0.2) is 0 Å². The molecular formula is C18H29NO2. The summed E-state index contributed by atoms with van der Waals surface area (Å²) in [6, 6.07) is 7.05. The summed E-state index contributed by atoms with van der Waals surface area (Å²) < 4.78 is 10.8. The Hall–Kier alpha value is -1.06. The quantitative estimate of drug-likeness (QED) is 0.791. The minimum atomic E-state index is 0.253. The van der Waals surface area contributed by atoms with Crippen LogP contribution < -0.4 is 10.1 Å². The second kappa shape index (κ2) is 7.28. The summed E-state index contributed by atoms with van der Waals surface area (Å²) in [4.78, 5) is 0. The summed E-state index contributed by atoms with van der Waals surface area (Å²) in [6.45, 7) is 9.48. The van der Waals surface area contributed by atoms with Crippen LogP contribution in [-0.4, -0.2) is 26.9 Å². The molecule has 1 aliphatic heterocycles. The molecule has 0 spiro atoms. The topological polar surface area (TPSA) is 30.5 Å². The van der Waals surface area contributed by atoms with E-state index in [1.54, 1.807) is 7.11 Å². The Bertz CT molecular complexity index is 457. The first kappa shape index (κ1) is 16.3. The van der Waals surface area contributed by atoms with E-state index < -0.39 is 0 Å². The lowest BCUT2D eigenvalue weighted by Gasteiger charge is -2.28. The van der Waals surface area contributed by atoms with Crippen LogP contribution in [0.2, 0.25) is 0 Å². The van der Waals surface area contributed by atoms with Crippen molar-refractivity contribution in [3.05, 3.63) is 29.3 Å². The zero-order valence-corrected chi connectivity index (χ0v) is 13.9. The van der Waals surface area contributed by atoms with Crippen molar-refractivity contribution >= 4 is 0 Å². The third kappa shape index (κ3) is 4.45. The van der Waals surface area contributed by atoms with Gasteiger partial charge >= 0.3 is 0 Å². The van der Waals surface area contributed by atoms with Crippen molar-refractivity contribution in [2.75, 3.05) is 26.9 Å². The number of hydrogen-bond donors (Lipinski definition) is 1. The van der Waals surface area contributed by atoms with E-state index in [9.17, 15) is 0 Å². The second-order valence-corrected chi connectivity index (χ2v) is 6.71. The molecule has 0 aromatic heterocycles.